The summed E-state index contributed by atoms with van der Waals surface area (Å²) in [7, 11) is 0. The molecular weight excluding hydrogens is 381 g/mol. The number of hydrogen-bond donors (Lipinski definition) is 0. The molecule has 1 aliphatic heterocycles. The summed E-state index contributed by atoms with van der Waals surface area (Å²) in [6.07, 6.45) is 6.25. The van der Waals surface area contributed by atoms with Gasteiger partial charge in [-0.25, -0.2) is 9.37 Å². The summed E-state index contributed by atoms with van der Waals surface area (Å²) >= 11 is 0. The Kier molecular flexibility index (Phi) is 4.65. The third-order valence-electron chi connectivity index (χ3n) is 5.74. The van der Waals surface area contributed by atoms with E-state index in [4.69, 9.17) is 4.74 Å². The van der Waals surface area contributed by atoms with Crippen LogP contribution in [0.4, 0.5) is 4.39 Å². The molecule has 0 saturated heterocycles. The maximum absolute atomic E-state index is 14.5. The van der Waals surface area contributed by atoms with Crippen LogP contribution in [0.25, 0.3) is 16.8 Å². The lowest BCUT2D eigenvalue weighted by atomic mass is 10.00. The molecule has 0 radical (unpaired) electrons. The highest BCUT2D eigenvalue weighted by molar-refractivity contribution is 5.78. The molecule has 4 heterocycles. The van der Waals surface area contributed by atoms with Crippen molar-refractivity contribution < 1.29 is 9.13 Å². The molecule has 5 rings (SSSR count). The van der Waals surface area contributed by atoms with Gasteiger partial charge in [-0.1, -0.05) is 13.0 Å². The summed E-state index contributed by atoms with van der Waals surface area (Å²) in [6.45, 7) is 4.69. The van der Waals surface area contributed by atoms with Crippen LogP contribution in [0.5, 0.6) is 5.75 Å². The topological polar surface area (TPSA) is 65.2 Å². The molecule has 152 valence electrons. The van der Waals surface area contributed by atoms with E-state index >= 15 is 0 Å². The van der Waals surface area contributed by atoms with E-state index in [9.17, 15) is 4.39 Å². The van der Waals surface area contributed by atoms with E-state index in [1.54, 1.807) is 12.4 Å². The predicted octanol–water partition coefficient (Wildman–Crippen LogP) is 3.92. The minimum atomic E-state index is -0.186. The van der Waals surface area contributed by atoms with E-state index in [-0.39, 0.29) is 5.82 Å². The fourth-order valence-electron chi connectivity index (χ4n) is 4.16. The Morgan fingerprint density at radius 2 is 2.03 bits per heavy atom. The maximum Gasteiger partial charge on any atom is 0.171 e. The van der Waals surface area contributed by atoms with Crippen LogP contribution in [-0.2, 0) is 25.7 Å². The average Bonchev–Trinajstić information content (AvgIpc) is 3.43. The summed E-state index contributed by atoms with van der Waals surface area (Å²) in [6, 6.07) is 7.30. The van der Waals surface area contributed by atoms with E-state index in [1.165, 1.54) is 6.07 Å². The van der Waals surface area contributed by atoms with Gasteiger partial charge in [0.1, 0.15) is 23.7 Å². The normalized spacial score (nSPS) is 12.9. The van der Waals surface area contributed by atoms with E-state index < -0.39 is 0 Å². The number of hydrogen-bond acceptors (Lipinski definition) is 5. The lowest BCUT2D eigenvalue weighted by molar-refractivity contribution is 0.356. The van der Waals surface area contributed by atoms with Crippen molar-refractivity contribution in [2.45, 2.75) is 39.5 Å². The van der Waals surface area contributed by atoms with Crippen molar-refractivity contribution in [2.75, 3.05) is 6.61 Å². The number of ether oxygens (including phenoxy) is 1. The fraction of sp³-hybridized carbons (Fsp3) is 0.304. The Labute approximate surface area is 173 Å². The van der Waals surface area contributed by atoms with E-state index in [1.807, 2.05) is 23.6 Å². The summed E-state index contributed by atoms with van der Waals surface area (Å²) in [5, 5.41) is 8.42. The van der Waals surface area contributed by atoms with E-state index in [0.717, 1.165) is 58.1 Å². The van der Waals surface area contributed by atoms with Gasteiger partial charge in [0.25, 0.3) is 0 Å². The van der Waals surface area contributed by atoms with Gasteiger partial charge >= 0.3 is 0 Å². The van der Waals surface area contributed by atoms with E-state index in [2.05, 4.69) is 33.2 Å². The molecule has 4 aromatic rings. The summed E-state index contributed by atoms with van der Waals surface area (Å²) in [5.41, 5.74) is 6.31. The zero-order valence-electron chi connectivity index (χ0n) is 17.0. The minimum absolute atomic E-state index is 0.186. The van der Waals surface area contributed by atoms with Crippen molar-refractivity contribution in [3.63, 3.8) is 0 Å². The number of aromatic nitrogens is 5. The Bertz CT molecular complexity index is 1250. The number of benzene rings is 1. The molecule has 6 nitrogen and oxygen atoms in total. The van der Waals surface area contributed by atoms with Gasteiger partial charge in [-0.05, 0) is 43.5 Å². The predicted molar refractivity (Wildman–Crippen MR) is 111 cm³/mol. The van der Waals surface area contributed by atoms with Gasteiger partial charge in [0.15, 0.2) is 5.65 Å². The maximum atomic E-state index is 14.5. The van der Waals surface area contributed by atoms with Gasteiger partial charge < -0.3 is 4.74 Å². The molecule has 0 bridgehead atoms. The quantitative estimate of drug-likeness (QED) is 0.505. The molecule has 0 unspecified atom stereocenters. The zero-order chi connectivity index (χ0) is 20.7. The molecule has 1 aliphatic rings. The second kappa shape index (κ2) is 7.48. The third-order valence-corrected chi connectivity index (χ3v) is 5.74. The van der Waals surface area contributed by atoms with Crippen LogP contribution < -0.4 is 4.74 Å². The lowest BCUT2D eigenvalue weighted by Crippen LogP contribution is -2.06. The van der Waals surface area contributed by atoms with Gasteiger partial charge in [-0.2, -0.15) is 0 Å². The first-order valence-electron chi connectivity index (χ1n) is 10.2. The highest BCUT2D eigenvalue weighted by Gasteiger charge is 2.20. The fourth-order valence-corrected chi connectivity index (χ4v) is 4.16. The monoisotopic (exact) mass is 403 g/mol. The number of nitrogens with zero attached hydrogens (tertiary/aromatic N) is 5. The number of pyridine rings is 1. The second-order valence-electron chi connectivity index (χ2n) is 7.50. The van der Waals surface area contributed by atoms with Crippen LogP contribution in [0.3, 0.4) is 0 Å². The number of fused-ring (bicyclic) bond motifs is 2. The molecule has 0 N–H and O–H groups in total. The third kappa shape index (κ3) is 3.10. The van der Waals surface area contributed by atoms with Crippen molar-refractivity contribution >= 4 is 5.65 Å². The summed E-state index contributed by atoms with van der Waals surface area (Å²) in [4.78, 5) is 9.34. The molecule has 3 aromatic heterocycles. The lowest BCUT2D eigenvalue weighted by Gasteiger charge is -2.12. The Morgan fingerprint density at radius 1 is 1.13 bits per heavy atom. The van der Waals surface area contributed by atoms with E-state index in [0.29, 0.717) is 25.0 Å². The Balaban J connectivity index is 1.49. The molecule has 0 atom stereocenters. The summed E-state index contributed by atoms with van der Waals surface area (Å²) < 4.78 is 22.0. The first-order chi connectivity index (χ1) is 14.7. The molecule has 30 heavy (non-hydrogen) atoms. The van der Waals surface area contributed by atoms with Crippen LogP contribution in [-0.4, -0.2) is 31.2 Å². The van der Waals surface area contributed by atoms with Gasteiger partial charge in [0, 0.05) is 47.1 Å². The van der Waals surface area contributed by atoms with Crippen LogP contribution >= 0.6 is 0 Å². The molecule has 0 fully saturated rings. The second-order valence-corrected chi connectivity index (χ2v) is 7.50. The molecule has 1 aromatic carbocycles. The van der Waals surface area contributed by atoms with Crippen molar-refractivity contribution in [3.05, 3.63) is 70.9 Å². The number of aryl methyl sites for hydroxylation is 3. The van der Waals surface area contributed by atoms with Crippen LogP contribution in [0.1, 0.15) is 35.3 Å². The van der Waals surface area contributed by atoms with Crippen molar-refractivity contribution in [1.82, 2.24) is 24.6 Å². The SMILES string of the molecule is CCc1ccc(-c2cnc(CCc3c(F)ccc4c3CCO4)n3cnnc23)c(C)n1. The van der Waals surface area contributed by atoms with Gasteiger partial charge in [-0.15, -0.1) is 10.2 Å². The van der Waals surface area contributed by atoms with Crippen molar-refractivity contribution in [2.24, 2.45) is 0 Å². The van der Waals surface area contributed by atoms with Crippen LogP contribution in [0.2, 0.25) is 0 Å². The largest absolute Gasteiger partial charge is 0.493 e. The molecule has 0 spiro atoms. The van der Waals surface area contributed by atoms with Gasteiger partial charge in [0.05, 0.1) is 6.61 Å². The van der Waals surface area contributed by atoms with Crippen molar-refractivity contribution in [3.8, 4) is 16.9 Å². The van der Waals surface area contributed by atoms with Crippen LogP contribution in [0.15, 0.2) is 36.8 Å². The first-order valence-corrected chi connectivity index (χ1v) is 10.2. The molecule has 0 aliphatic carbocycles. The smallest absolute Gasteiger partial charge is 0.171 e. The number of rotatable bonds is 5. The zero-order valence-corrected chi connectivity index (χ0v) is 17.0. The molecular formula is C23H22FN5O. The minimum Gasteiger partial charge on any atom is -0.493 e. The Morgan fingerprint density at radius 3 is 2.87 bits per heavy atom. The van der Waals surface area contributed by atoms with Gasteiger partial charge in [0.2, 0.25) is 0 Å². The van der Waals surface area contributed by atoms with Crippen molar-refractivity contribution in [1.29, 1.82) is 0 Å². The van der Waals surface area contributed by atoms with Crippen LogP contribution in [0, 0.1) is 12.7 Å². The number of halogens is 1. The molecule has 0 saturated carbocycles. The molecule has 0 amide bonds. The average molecular weight is 403 g/mol. The highest BCUT2D eigenvalue weighted by Crippen LogP contribution is 2.31. The standard InChI is InChI=1S/C23H22FN5O/c1-3-15-4-5-16(14(2)27-15)19-12-25-22(29-13-26-28-23(19)29)9-6-17-18-10-11-30-21(18)8-7-20(17)24/h4-5,7-8,12-13H,3,6,9-11H2,1-2H3. The Hall–Kier alpha value is -3.35. The highest BCUT2D eigenvalue weighted by atomic mass is 19.1. The van der Waals surface area contributed by atoms with Gasteiger partial charge in [-0.3, -0.25) is 9.38 Å². The first kappa shape index (κ1) is 18.7. The molecule has 7 heteroatoms. The summed E-state index contributed by atoms with van der Waals surface area (Å²) in [5.74, 6) is 1.40.